The Hall–Kier alpha value is -1.11. The normalized spacial score (nSPS) is 25.3. The van der Waals surface area contributed by atoms with Crippen molar-refractivity contribution in [1.29, 1.82) is 0 Å². The van der Waals surface area contributed by atoms with Crippen molar-refractivity contribution in [3.63, 3.8) is 0 Å². The Morgan fingerprint density at radius 3 is 2.44 bits per heavy atom. The van der Waals surface area contributed by atoms with Gasteiger partial charge in [0.25, 0.3) is 5.72 Å². The van der Waals surface area contributed by atoms with Gasteiger partial charge in [-0.3, -0.25) is 4.79 Å². The van der Waals surface area contributed by atoms with E-state index in [9.17, 15) is 23.1 Å². The van der Waals surface area contributed by atoms with Gasteiger partial charge in [-0.1, -0.05) is 51.9 Å². The van der Waals surface area contributed by atoms with E-state index in [1.54, 1.807) is 0 Å². The maximum absolute atomic E-state index is 13.5. The van der Waals surface area contributed by atoms with Crippen LogP contribution in [0.3, 0.4) is 0 Å². The maximum atomic E-state index is 13.5. The second-order valence-corrected chi connectivity index (χ2v) is 7.29. The van der Waals surface area contributed by atoms with Gasteiger partial charge in [-0.2, -0.15) is 23.3 Å². The van der Waals surface area contributed by atoms with E-state index in [1.807, 2.05) is 0 Å². The molecule has 1 aliphatic carbocycles. The molecule has 2 rings (SSSR count). The van der Waals surface area contributed by atoms with Crippen molar-refractivity contribution in [3.8, 4) is 0 Å². The van der Waals surface area contributed by atoms with Crippen LogP contribution in [0.1, 0.15) is 84.0 Å². The molecule has 0 aromatic rings. The van der Waals surface area contributed by atoms with E-state index >= 15 is 0 Å². The molecule has 0 saturated heterocycles. The fourth-order valence-corrected chi connectivity index (χ4v) is 3.70. The summed E-state index contributed by atoms with van der Waals surface area (Å²) in [5.74, 6) is -0.785. The van der Waals surface area contributed by atoms with Gasteiger partial charge in [0.1, 0.15) is 0 Å². The first-order chi connectivity index (χ1) is 11.8. The van der Waals surface area contributed by atoms with Crippen LogP contribution in [0.4, 0.5) is 13.2 Å². The van der Waals surface area contributed by atoms with Crippen molar-refractivity contribution < 1.29 is 23.1 Å². The first-order valence-corrected chi connectivity index (χ1v) is 9.49. The third-order valence-corrected chi connectivity index (χ3v) is 5.27. The predicted molar refractivity (Wildman–Crippen MR) is 89.9 cm³/mol. The second-order valence-electron chi connectivity index (χ2n) is 7.29. The molecule has 0 spiro atoms. The van der Waals surface area contributed by atoms with E-state index in [-0.39, 0.29) is 12.3 Å². The fourth-order valence-electron chi connectivity index (χ4n) is 3.70. The number of hydrogen-bond donors (Lipinski definition) is 1. The van der Waals surface area contributed by atoms with E-state index in [0.717, 1.165) is 57.8 Å². The molecule has 0 aromatic heterocycles. The number of carbonyl (C=O) groups is 1. The molecule has 1 saturated carbocycles. The molecule has 7 heteroatoms. The van der Waals surface area contributed by atoms with Gasteiger partial charge in [0.2, 0.25) is 5.91 Å². The summed E-state index contributed by atoms with van der Waals surface area (Å²) in [6.45, 7) is 2.07. The summed E-state index contributed by atoms with van der Waals surface area (Å²) in [6.07, 6.45) is 3.43. The van der Waals surface area contributed by atoms with Crippen LogP contribution in [0.2, 0.25) is 0 Å². The zero-order chi connectivity index (χ0) is 18.5. The highest BCUT2D eigenvalue weighted by atomic mass is 19.4. The Morgan fingerprint density at radius 1 is 1.20 bits per heavy atom. The first-order valence-electron chi connectivity index (χ1n) is 9.49. The number of carbonyl (C=O) groups excluding carboxylic acids is 1. The Kier molecular flexibility index (Phi) is 6.88. The number of unbranched alkanes of at least 4 members (excludes halogenated alkanes) is 4. The molecule has 2 aliphatic rings. The maximum Gasteiger partial charge on any atom is 0.438 e. The molecule has 1 aliphatic heterocycles. The highest BCUT2D eigenvalue weighted by Crippen LogP contribution is 2.43. The summed E-state index contributed by atoms with van der Waals surface area (Å²) in [5, 5.41) is 14.6. The van der Waals surface area contributed by atoms with E-state index in [1.165, 1.54) is 0 Å². The van der Waals surface area contributed by atoms with Gasteiger partial charge in [-0.25, -0.2) is 0 Å². The van der Waals surface area contributed by atoms with Crippen molar-refractivity contribution in [3.05, 3.63) is 0 Å². The topological polar surface area (TPSA) is 52.9 Å². The van der Waals surface area contributed by atoms with Crippen LogP contribution in [0.25, 0.3) is 0 Å². The van der Waals surface area contributed by atoms with Crippen LogP contribution in [0, 0.1) is 5.92 Å². The lowest BCUT2D eigenvalue weighted by atomic mass is 9.83. The molecule has 1 atom stereocenters. The number of rotatable bonds is 7. The molecule has 1 fully saturated rings. The highest BCUT2D eigenvalue weighted by Gasteiger charge is 2.63. The lowest BCUT2D eigenvalue weighted by Gasteiger charge is -2.32. The minimum absolute atomic E-state index is 0.0104. The van der Waals surface area contributed by atoms with Crippen LogP contribution >= 0.6 is 0 Å². The number of hydrazone groups is 1. The van der Waals surface area contributed by atoms with Crippen molar-refractivity contribution in [2.45, 2.75) is 95.9 Å². The molecule has 0 radical (unpaired) electrons. The zero-order valence-corrected chi connectivity index (χ0v) is 14.9. The zero-order valence-electron chi connectivity index (χ0n) is 14.9. The molecule has 4 nitrogen and oxygen atoms in total. The summed E-state index contributed by atoms with van der Waals surface area (Å²) < 4.78 is 40.4. The average Bonchev–Trinajstić information content (AvgIpc) is 2.94. The fraction of sp³-hybridized carbons (Fsp3) is 0.889. The largest absolute Gasteiger partial charge is 0.438 e. The molecule has 1 amide bonds. The Labute approximate surface area is 147 Å². The number of hydrogen-bond acceptors (Lipinski definition) is 3. The van der Waals surface area contributed by atoms with Gasteiger partial charge in [0.15, 0.2) is 0 Å². The van der Waals surface area contributed by atoms with Crippen LogP contribution in [0.5, 0.6) is 0 Å². The van der Waals surface area contributed by atoms with E-state index < -0.39 is 24.2 Å². The van der Waals surface area contributed by atoms with Crippen molar-refractivity contribution in [2.75, 3.05) is 0 Å². The quantitative estimate of drug-likeness (QED) is 0.664. The van der Waals surface area contributed by atoms with E-state index in [0.29, 0.717) is 17.1 Å². The Morgan fingerprint density at radius 2 is 1.84 bits per heavy atom. The summed E-state index contributed by atoms with van der Waals surface area (Å²) in [6, 6.07) is 0. The lowest BCUT2D eigenvalue weighted by molar-refractivity contribution is -0.302. The average molecular weight is 362 g/mol. The minimum atomic E-state index is -4.91. The van der Waals surface area contributed by atoms with Crippen molar-refractivity contribution in [1.82, 2.24) is 5.01 Å². The molecular weight excluding hydrogens is 333 g/mol. The number of amides is 1. The second kappa shape index (κ2) is 8.52. The molecule has 25 heavy (non-hydrogen) atoms. The third kappa shape index (κ3) is 4.74. The van der Waals surface area contributed by atoms with Gasteiger partial charge in [-0.05, 0) is 25.2 Å². The Balaban J connectivity index is 2.06. The Bertz CT molecular complexity index is 487. The molecule has 1 heterocycles. The monoisotopic (exact) mass is 362 g/mol. The summed E-state index contributed by atoms with van der Waals surface area (Å²) >= 11 is 0. The van der Waals surface area contributed by atoms with Crippen LogP contribution in [-0.2, 0) is 4.79 Å². The van der Waals surface area contributed by atoms with Crippen molar-refractivity contribution in [2.24, 2.45) is 11.0 Å². The number of alkyl halides is 3. The molecular formula is C18H29F3N2O2. The highest BCUT2D eigenvalue weighted by molar-refractivity contribution is 5.92. The van der Waals surface area contributed by atoms with Crippen molar-refractivity contribution >= 4 is 11.6 Å². The predicted octanol–water partition coefficient (Wildman–Crippen LogP) is 4.77. The SMILES string of the molecule is CCCCCCCC(=O)N1N=C(C2CCCCC2)C[C@@]1(O)C(F)(F)F. The first kappa shape index (κ1) is 20.2. The summed E-state index contributed by atoms with van der Waals surface area (Å²) in [7, 11) is 0. The van der Waals surface area contributed by atoms with Gasteiger partial charge in [0.05, 0.1) is 0 Å². The summed E-state index contributed by atoms with van der Waals surface area (Å²) in [5.41, 5.74) is -2.85. The van der Waals surface area contributed by atoms with Crippen LogP contribution < -0.4 is 0 Å². The van der Waals surface area contributed by atoms with Gasteiger partial charge < -0.3 is 5.11 Å². The smallest absolute Gasteiger partial charge is 0.362 e. The third-order valence-electron chi connectivity index (χ3n) is 5.27. The number of halogens is 3. The minimum Gasteiger partial charge on any atom is -0.362 e. The molecule has 0 unspecified atom stereocenters. The summed E-state index contributed by atoms with van der Waals surface area (Å²) in [4.78, 5) is 12.3. The van der Waals surface area contributed by atoms with Gasteiger partial charge in [-0.15, -0.1) is 0 Å². The molecule has 0 bridgehead atoms. The molecule has 144 valence electrons. The standard InChI is InChI=1S/C18H29F3N2O2/c1-2-3-4-5-9-12-16(24)23-17(25,18(19,20)21)13-15(22-23)14-10-7-6-8-11-14/h14,25H,2-13H2,1H3/t17-/m1/s1. The van der Waals surface area contributed by atoms with Gasteiger partial charge in [0, 0.05) is 18.6 Å². The molecule has 0 aromatic carbocycles. The molecule has 1 N–H and O–H groups in total. The van der Waals surface area contributed by atoms with Crippen LogP contribution in [0.15, 0.2) is 5.10 Å². The van der Waals surface area contributed by atoms with E-state index in [2.05, 4.69) is 12.0 Å². The lowest BCUT2D eigenvalue weighted by Crippen LogP contribution is -2.56. The van der Waals surface area contributed by atoms with E-state index in [4.69, 9.17) is 0 Å². The number of aliphatic hydroxyl groups is 1. The number of nitrogens with zero attached hydrogens (tertiary/aromatic N) is 2. The van der Waals surface area contributed by atoms with Crippen LogP contribution in [-0.4, -0.2) is 33.6 Å². The van der Waals surface area contributed by atoms with Gasteiger partial charge >= 0.3 is 6.18 Å².